The number of nitrogens with two attached hydrogens (primary N) is 1. The molecule has 1 aromatic carbocycles. The molecule has 0 aliphatic rings. The van der Waals surface area contributed by atoms with E-state index in [1.165, 1.54) is 13.0 Å². The first kappa shape index (κ1) is 23.8. The van der Waals surface area contributed by atoms with Gasteiger partial charge in [0.05, 0.1) is 22.0 Å². The molecule has 0 aliphatic heterocycles. The number of rotatable bonds is 6. The highest BCUT2D eigenvalue weighted by Gasteiger charge is 2.39. The van der Waals surface area contributed by atoms with Gasteiger partial charge in [-0.3, -0.25) is 35.3 Å². The third-order valence-corrected chi connectivity index (χ3v) is 3.17. The number of nitro benzene ring substituents is 2. The molecule has 160 valence electrons. The zero-order chi connectivity index (χ0) is 23.2. The summed E-state index contributed by atoms with van der Waals surface area (Å²) < 4.78 is 43.2. The molecule has 0 saturated carbocycles. The fourth-order valence-corrected chi connectivity index (χ4v) is 1.98. The Hall–Kier alpha value is -4.26. The number of alkyl halides is 3. The summed E-state index contributed by atoms with van der Waals surface area (Å²) >= 11 is 0. The number of imide groups is 1. The van der Waals surface area contributed by atoms with E-state index in [0.29, 0.717) is 6.20 Å². The molecule has 30 heavy (non-hydrogen) atoms. The van der Waals surface area contributed by atoms with Gasteiger partial charge in [0.15, 0.2) is 0 Å². The van der Waals surface area contributed by atoms with Crippen LogP contribution in [-0.4, -0.2) is 28.5 Å². The Bertz CT molecular complexity index is 935. The van der Waals surface area contributed by atoms with Gasteiger partial charge in [-0.15, -0.1) is 0 Å². The molecule has 0 bridgehead atoms. The van der Waals surface area contributed by atoms with Crippen molar-refractivity contribution in [3.05, 3.63) is 49.7 Å². The highest BCUT2D eigenvalue weighted by Crippen LogP contribution is 2.42. The third-order valence-electron chi connectivity index (χ3n) is 3.17. The largest absolute Gasteiger partial charge is 0.450 e. The van der Waals surface area contributed by atoms with Crippen molar-refractivity contribution in [3.8, 4) is 6.07 Å². The molecular formula is C14H11F3N6O7. The number of ether oxygens (including phenoxy) is 1. The zero-order valence-electron chi connectivity index (χ0n) is 14.8. The van der Waals surface area contributed by atoms with E-state index in [9.17, 15) is 43.0 Å². The Morgan fingerprint density at radius 2 is 1.80 bits per heavy atom. The Balaban J connectivity index is 3.57. The van der Waals surface area contributed by atoms with Crippen LogP contribution in [0.5, 0.6) is 0 Å². The van der Waals surface area contributed by atoms with Crippen LogP contribution in [0.15, 0.2) is 23.9 Å². The first-order valence-corrected chi connectivity index (χ1v) is 7.51. The number of nitriles is 1. The predicted octanol–water partition coefficient (Wildman–Crippen LogP) is 1.88. The Labute approximate surface area is 164 Å². The summed E-state index contributed by atoms with van der Waals surface area (Å²) in [5.41, 5.74) is -6.64. The molecule has 0 spiro atoms. The van der Waals surface area contributed by atoms with E-state index in [2.05, 4.69) is 4.74 Å². The summed E-state index contributed by atoms with van der Waals surface area (Å²) in [7, 11) is 0. The third kappa shape index (κ3) is 5.62. The molecule has 3 N–H and O–H groups in total. The van der Waals surface area contributed by atoms with Crippen molar-refractivity contribution < 1.29 is 37.3 Å². The van der Waals surface area contributed by atoms with Crippen molar-refractivity contribution in [1.29, 1.82) is 5.26 Å². The average molecular weight is 432 g/mol. The summed E-state index contributed by atoms with van der Waals surface area (Å²) in [6.07, 6.45) is -6.05. The molecule has 1 aromatic rings. The number of nitrogens with zero attached hydrogens (tertiary/aromatic N) is 4. The number of halogens is 3. The normalized spacial score (nSPS) is 11.3. The first-order valence-electron chi connectivity index (χ1n) is 7.51. The van der Waals surface area contributed by atoms with Crippen molar-refractivity contribution in [1.82, 2.24) is 5.32 Å². The highest BCUT2D eigenvalue weighted by atomic mass is 19.4. The van der Waals surface area contributed by atoms with Crippen LogP contribution < -0.4 is 16.2 Å². The molecule has 1 rings (SSSR count). The van der Waals surface area contributed by atoms with E-state index in [-0.39, 0.29) is 23.7 Å². The minimum atomic E-state index is -5.15. The topological polar surface area (TPSA) is 195 Å². The molecule has 0 saturated heterocycles. The fourth-order valence-electron chi connectivity index (χ4n) is 1.98. The van der Waals surface area contributed by atoms with Crippen molar-refractivity contribution in [2.75, 3.05) is 11.6 Å². The number of anilines is 1. The molecule has 0 radical (unpaired) electrons. The van der Waals surface area contributed by atoms with E-state index in [4.69, 9.17) is 11.1 Å². The minimum Gasteiger partial charge on any atom is -0.450 e. The Kier molecular flexibility index (Phi) is 7.36. The van der Waals surface area contributed by atoms with Crippen LogP contribution in [0.2, 0.25) is 0 Å². The molecule has 0 aliphatic carbocycles. The number of nitro groups is 2. The minimum absolute atomic E-state index is 0.000760. The number of amides is 2. The number of nitrogens with one attached hydrogen (secondary N) is 1. The monoisotopic (exact) mass is 432 g/mol. The van der Waals surface area contributed by atoms with Crippen molar-refractivity contribution in [3.63, 3.8) is 0 Å². The van der Waals surface area contributed by atoms with Gasteiger partial charge in [-0.1, -0.05) is 0 Å². The van der Waals surface area contributed by atoms with Crippen LogP contribution in [0.3, 0.4) is 0 Å². The standard InChI is InChI=1S/C14H11F3N6O7/c1-2-30-13(25)20-12(24)7(5-18)6-21(19)11-9(22(26)27)3-8(14(15,16)17)4-10(11)23(28)29/h3-4,6H,2,19H2,1H3,(H,20,24,25)/b7-6-. The molecule has 0 fully saturated rings. The molecule has 16 heteroatoms. The van der Waals surface area contributed by atoms with Crippen molar-refractivity contribution in [2.45, 2.75) is 13.1 Å². The van der Waals surface area contributed by atoms with Gasteiger partial charge >= 0.3 is 23.6 Å². The zero-order valence-corrected chi connectivity index (χ0v) is 14.8. The summed E-state index contributed by atoms with van der Waals surface area (Å²) in [6, 6.07) is 1.28. The van der Waals surface area contributed by atoms with Gasteiger partial charge in [-0.25, -0.2) is 10.6 Å². The van der Waals surface area contributed by atoms with E-state index in [1.54, 1.807) is 5.32 Å². The van der Waals surface area contributed by atoms with Crippen LogP contribution in [-0.2, 0) is 15.7 Å². The maximum atomic E-state index is 12.9. The average Bonchev–Trinajstić information content (AvgIpc) is 2.63. The molecule has 13 nitrogen and oxygen atoms in total. The lowest BCUT2D eigenvalue weighted by Gasteiger charge is -2.16. The second-order valence-electron chi connectivity index (χ2n) is 5.11. The number of carbonyl (C=O) groups excluding carboxylic acids is 2. The lowest BCUT2D eigenvalue weighted by molar-refractivity contribution is -0.393. The molecule has 0 heterocycles. The van der Waals surface area contributed by atoms with Gasteiger partial charge in [0.2, 0.25) is 5.69 Å². The van der Waals surface area contributed by atoms with Gasteiger partial charge in [0.1, 0.15) is 11.6 Å². The smallest absolute Gasteiger partial charge is 0.416 e. The fraction of sp³-hybridized carbons (Fsp3) is 0.214. The highest BCUT2D eigenvalue weighted by molar-refractivity contribution is 6.05. The van der Waals surface area contributed by atoms with Crippen LogP contribution in [0.25, 0.3) is 0 Å². The van der Waals surface area contributed by atoms with Crippen molar-refractivity contribution >= 4 is 29.1 Å². The van der Waals surface area contributed by atoms with Crippen LogP contribution in [0.1, 0.15) is 12.5 Å². The quantitative estimate of drug-likeness (QED) is 0.220. The van der Waals surface area contributed by atoms with E-state index < -0.39 is 56.2 Å². The van der Waals surface area contributed by atoms with Gasteiger partial charge in [0.25, 0.3) is 5.91 Å². The lowest BCUT2D eigenvalue weighted by atomic mass is 10.1. The van der Waals surface area contributed by atoms with Crippen LogP contribution in [0, 0.1) is 31.6 Å². The van der Waals surface area contributed by atoms with Crippen LogP contribution in [0.4, 0.5) is 35.0 Å². The number of carbonyl (C=O) groups is 2. The van der Waals surface area contributed by atoms with E-state index in [1.807, 2.05) is 0 Å². The van der Waals surface area contributed by atoms with Crippen molar-refractivity contribution in [2.24, 2.45) is 5.84 Å². The Morgan fingerprint density at radius 3 is 2.17 bits per heavy atom. The van der Waals surface area contributed by atoms with E-state index in [0.717, 1.165) is 0 Å². The van der Waals surface area contributed by atoms with Crippen LogP contribution >= 0.6 is 0 Å². The summed E-state index contributed by atoms with van der Waals surface area (Å²) in [6.45, 7) is 1.28. The van der Waals surface area contributed by atoms with Gasteiger partial charge in [0, 0.05) is 18.3 Å². The molecule has 2 amide bonds. The number of hydrazine groups is 1. The first-order chi connectivity index (χ1) is 13.8. The second-order valence-corrected chi connectivity index (χ2v) is 5.11. The molecule has 0 aromatic heterocycles. The van der Waals surface area contributed by atoms with Gasteiger partial charge in [-0.05, 0) is 6.92 Å². The number of hydrogen-bond donors (Lipinski definition) is 2. The molecular weight excluding hydrogens is 421 g/mol. The molecule has 0 unspecified atom stereocenters. The number of alkyl carbamates (subject to hydrolysis) is 1. The summed E-state index contributed by atoms with van der Waals surface area (Å²) in [5, 5.41) is 33.1. The molecule has 0 atom stereocenters. The Morgan fingerprint density at radius 1 is 1.30 bits per heavy atom. The van der Waals surface area contributed by atoms with Gasteiger partial charge < -0.3 is 4.74 Å². The van der Waals surface area contributed by atoms with E-state index >= 15 is 0 Å². The second kappa shape index (κ2) is 9.29. The maximum Gasteiger partial charge on any atom is 0.416 e. The predicted molar refractivity (Wildman–Crippen MR) is 90.3 cm³/mol. The summed E-state index contributed by atoms with van der Waals surface area (Å²) in [5.74, 6) is 4.07. The number of benzene rings is 1. The van der Waals surface area contributed by atoms with Gasteiger partial charge in [-0.2, -0.15) is 18.4 Å². The lowest BCUT2D eigenvalue weighted by Crippen LogP contribution is -2.34. The maximum absolute atomic E-state index is 12.9. The summed E-state index contributed by atoms with van der Waals surface area (Å²) in [4.78, 5) is 42.7. The number of hydrogen-bond acceptors (Lipinski definition) is 10. The SMILES string of the molecule is CCOC(=O)NC(=O)/C(C#N)=C\N(N)c1c([N+](=O)[O-])cc(C(F)(F)F)cc1[N+](=O)[O-].